The molecule has 3 aromatic carbocycles. The fourth-order valence-electron chi connectivity index (χ4n) is 5.10. The number of aromatic nitrogens is 1. The number of rotatable bonds is 7. The molecule has 202 valence electrons. The molecule has 3 heterocycles. The number of fused-ring (bicyclic) bond motifs is 2. The zero-order chi connectivity index (χ0) is 27.8. The Morgan fingerprint density at radius 2 is 1.65 bits per heavy atom. The monoisotopic (exact) mass is 572 g/mol. The van der Waals surface area contributed by atoms with Gasteiger partial charge in [0, 0.05) is 10.8 Å². The third kappa shape index (κ3) is 4.73. The molecule has 0 saturated carbocycles. The summed E-state index contributed by atoms with van der Waals surface area (Å²) in [6.07, 6.45) is 0. The number of nitrogens with one attached hydrogen (secondary N) is 1. The SMILES string of the molecule is CCOC(=O)c1ccc(N2C(=O)[C@H]3[C@H](c4ccc(OCc5ccccc5)cc4)c4sc(=O)[nH]c4S[C@H]3C2=O)cc1. The third-order valence-corrected chi connectivity index (χ3v) is 9.35. The van der Waals surface area contributed by atoms with Gasteiger partial charge in [0.1, 0.15) is 17.6 Å². The average Bonchev–Trinajstić information content (AvgIpc) is 3.47. The second-order valence-electron chi connectivity index (χ2n) is 9.37. The van der Waals surface area contributed by atoms with Gasteiger partial charge in [-0.25, -0.2) is 9.69 Å². The summed E-state index contributed by atoms with van der Waals surface area (Å²) < 4.78 is 11.0. The molecule has 1 fully saturated rings. The number of thiazole rings is 1. The number of ether oxygens (including phenoxy) is 2. The molecule has 0 aliphatic carbocycles. The molecule has 2 amide bonds. The summed E-state index contributed by atoms with van der Waals surface area (Å²) in [5, 5.41) is -0.0831. The Morgan fingerprint density at radius 1 is 0.925 bits per heavy atom. The second kappa shape index (κ2) is 10.8. The Morgan fingerprint density at radius 3 is 2.35 bits per heavy atom. The Balaban J connectivity index is 1.30. The standard InChI is InChI=1S/C30H24N2O6S2/c1-2-37-29(35)19-8-12-20(13-9-19)32-27(33)23-22(24-26(31-30(36)40-24)39-25(23)28(32)34)18-10-14-21(15-11-18)38-16-17-6-4-3-5-7-17/h3-15,22-23,25H,2,16H2,1H3,(H,31,36)/t22-,23-,25+/m0/s1. The van der Waals surface area contributed by atoms with Crippen molar-refractivity contribution in [2.75, 3.05) is 11.5 Å². The van der Waals surface area contributed by atoms with Crippen LogP contribution in [-0.2, 0) is 20.9 Å². The number of thioether (sulfide) groups is 1. The van der Waals surface area contributed by atoms with Crippen LogP contribution in [0.4, 0.5) is 5.69 Å². The van der Waals surface area contributed by atoms with Crippen molar-refractivity contribution in [1.82, 2.24) is 4.98 Å². The van der Waals surface area contributed by atoms with E-state index in [0.717, 1.165) is 27.3 Å². The second-order valence-corrected chi connectivity index (χ2v) is 11.5. The van der Waals surface area contributed by atoms with Gasteiger partial charge in [-0.05, 0) is 54.4 Å². The molecule has 1 saturated heterocycles. The first-order valence-corrected chi connectivity index (χ1v) is 14.5. The minimum atomic E-state index is -0.700. The highest BCUT2D eigenvalue weighted by Gasteiger charge is 2.56. The molecule has 0 bridgehead atoms. The van der Waals surface area contributed by atoms with Crippen LogP contribution in [0, 0.1) is 5.92 Å². The molecule has 8 nitrogen and oxygen atoms in total. The molecule has 2 aliphatic heterocycles. The Kier molecular flexibility index (Phi) is 7.03. The number of aromatic amines is 1. The number of carbonyl (C=O) groups excluding carboxylic acids is 3. The largest absolute Gasteiger partial charge is 0.489 e. The fraction of sp³-hybridized carbons (Fsp3) is 0.200. The molecule has 10 heteroatoms. The molecule has 0 radical (unpaired) electrons. The minimum Gasteiger partial charge on any atom is -0.489 e. The number of benzene rings is 3. The molecular formula is C30H24N2O6S2. The van der Waals surface area contributed by atoms with E-state index in [1.165, 1.54) is 16.7 Å². The zero-order valence-corrected chi connectivity index (χ0v) is 23.0. The van der Waals surface area contributed by atoms with Crippen LogP contribution in [0.1, 0.15) is 39.2 Å². The van der Waals surface area contributed by atoms with Crippen LogP contribution in [0.25, 0.3) is 0 Å². The molecule has 0 spiro atoms. The number of carbonyl (C=O) groups is 3. The van der Waals surface area contributed by atoms with Crippen LogP contribution in [0.15, 0.2) is 88.7 Å². The smallest absolute Gasteiger partial charge is 0.338 e. The van der Waals surface area contributed by atoms with Crippen LogP contribution in [0.5, 0.6) is 5.75 Å². The zero-order valence-electron chi connectivity index (χ0n) is 21.4. The predicted octanol–water partition coefficient (Wildman–Crippen LogP) is 4.99. The highest BCUT2D eigenvalue weighted by Crippen LogP contribution is 2.53. The van der Waals surface area contributed by atoms with Crippen molar-refractivity contribution in [3.05, 3.63) is 110 Å². The fourth-order valence-corrected chi connectivity index (χ4v) is 7.62. The van der Waals surface area contributed by atoms with Crippen molar-refractivity contribution >= 4 is 46.6 Å². The highest BCUT2D eigenvalue weighted by molar-refractivity contribution is 8.00. The number of imide groups is 1. The van der Waals surface area contributed by atoms with E-state index >= 15 is 0 Å². The van der Waals surface area contributed by atoms with Gasteiger partial charge in [-0.3, -0.25) is 14.4 Å². The molecule has 1 aromatic heterocycles. The first-order chi connectivity index (χ1) is 19.4. The van der Waals surface area contributed by atoms with E-state index in [9.17, 15) is 19.2 Å². The minimum absolute atomic E-state index is 0.225. The summed E-state index contributed by atoms with van der Waals surface area (Å²) in [5.74, 6) is -1.66. The number of nitrogens with zero attached hydrogens (tertiary/aromatic N) is 1. The van der Waals surface area contributed by atoms with E-state index < -0.39 is 23.1 Å². The molecule has 2 aliphatic rings. The van der Waals surface area contributed by atoms with Gasteiger partial charge in [-0.1, -0.05) is 65.6 Å². The molecule has 4 aromatic rings. The number of hydrogen-bond donors (Lipinski definition) is 1. The maximum atomic E-state index is 13.9. The Labute approximate surface area is 237 Å². The van der Waals surface area contributed by atoms with Crippen LogP contribution >= 0.6 is 23.1 Å². The lowest BCUT2D eigenvalue weighted by atomic mass is 9.83. The summed E-state index contributed by atoms with van der Waals surface area (Å²) in [6.45, 7) is 2.39. The van der Waals surface area contributed by atoms with E-state index in [1.54, 1.807) is 31.2 Å². The Bertz CT molecular complexity index is 1630. The molecule has 40 heavy (non-hydrogen) atoms. The van der Waals surface area contributed by atoms with Crippen molar-refractivity contribution < 1.29 is 23.9 Å². The van der Waals surface area contributed by atoms with Crippen LogP contribution < -0.4 is 14.5 Å². The van der Waals surface area contributed by atoms with Gasteiger partial charge < -0.3 is 14.5 Å². The summed E-state index contributed by atoms with van der Waals surface area (Å²) in [4.78, 5) is 56.5. The molecular weight excluding hydrogens is 548 g/mol. The number of H-pyrrole nitrogens is 1. The maximum Gasteiger partial charge on any atom is 0.338 e. The topological polar surface area (TPSA) is 106 Å². The molecule has 1 N–H and O–H groups in total. The lowest BCUT2D eigenvalue weighted by Gasteiger charge is -2.29. The van der Waals surface area contributed by atoms with Gasteiger partial charge in [-0.2, -0.15) is 0 Å². The van der Waals surface area contributed by atoms with Crippen molar-refractivity contribution in [2.24, 2.45) is 5.92 Å². The van der Waals surface area contributed by atoms with E-state index in [-0.39, 0.29) is 23.3 Å². The lowest BCUT2D eigenvalue weighted by molar-refractivity contribution is -0.122. The quantitative estimate of drug-likeness (QED) is 0.246. The van der Waals surface area contributed by atoms with E-state index in [0.29, 0.717) is 28.6 Å². The van der Waals surface area contributed by atoms with Gasteiger partial charge >= 0.3 is 10.8 Å². The number of hydrogen-bond acceptors (Lipinski definition) is 8. The normalized spacial score (nSPS) is 19.7. The van der Waals surface area contributed by atoms with E-state index in [1.807, 2.05) is 54.6 Å². The van der Waals surface area contributed by atoms with Gasteiger partial charge in [0.2, 0.25) is 11.8 Å². The summed E-state index contributed by atoms with van der Waals surface area (Å²) in [6, 6.07) is 23.6. The van der Waals surface area contributed by atoms with Crippen LogP contribution in [0.3, 0.4) is 0 Å². The van der Waals surface area contributed by atoms with Crippen molar-refractivity contribution in [2.45, 2.75) is 29.7 Å². The predicted molar refractivity (Wildman–Crippen MR) is 152 cm³/mol. The summed E-state index contributed by atoms with van der Waals surface area (Å²) in [5.41, 5.74) is 2.59. The average molecular weight is 573 g/mol. The van der Waals surface area contributed by atoms with Crippen molar-refractivity contribution in [3.8, 4) is 5.75 Å². The summed E-state index contributed by atoms with van der Waals surface area (Å²) in [7, 11) is 0. The molecule has 6 rings (SSSR count). The molecule has 3 atom stereocenters. The third-order valence-electron chi connectivity index (χ3n) is 6.95. The number of anilines is 1. The molecule has 0 unspecified atom stereocenters. The van der Waals surface area contributed by atoms with Gasteiger partial charge in [0.25, 0.3) is 0 Å². The number of amides is 2. The Hall–Kier alpha value is -4.15. The highest BCUT2D eigenvalue weighted by atomic mass is 32.2. The van der Waals surface area contributed by atoms with E-state index in [4.69, 9.17) is 9.47 Å². The first-order valence-electron chi connectivity index (χ1n) is 12.8. The van der Waals surface area contributed by atoms with Gasteiger partial charge in [-0.15, -0.1) is 0 Å². The lowest BCUT2D eigenvalue weighted by Crippen LogP contribution is -2.32. The van der Waals surface area contributed by atoms with Crippen LogP contribution in [-0.4, -0.2) is 34.6 Å². The maximum absolute atomic E-state index is 13.9. The first kappa shape index (κ1) is 26.1. The van der Waals surface area contributed by atoms with Crippen molar-refractivity contribution in [1.29, 1.82) is 0 Å². The van der Waals surface area contributed by atoms with Gasteiger partial charge in [0.05, 0.1) is 28.8 Å². The van der Waals surface area contributed by atoms with Gasteiger partial charge in [0.15, 0.2) is 0 Å². The van der Waals surface area contributed by atoms with Crippen LogP contribution in [0.2, 0.25) is 0 Å². The summed E-state index contributed by atoms with van der Waals surface area (Å²) >= 11 is 2.29. The van der Waals surface area contributed by atoms with Crippen molar-refractivity contribution in [3.63, 3.8) is 0 Å². The number of esters is 1. The van der Waals surface area contributed by atoms with E-state index in [2.05, 4.69) is 4.98 Å².